The fourth-order valence-corrected chi connectivity index (χ4v) is 1.39. The van der Waals surface area contributed by atoms with Gasteiger partial charge in [-0.15, -0.1) is 0 Å². The van der Waals surface area contributed by atoms with E-state index in [9.17, 15) is 0 Å². The van der Waals surface area contributed by atoms with E-state index < -0.39 is 0 Å². The molecule has 0 unspecified atom stereocenters. The highest BCUT2D eigenvalue weighted by atomic mass is 15.1. The molecule has 0 spiro atoms. The van der Waals surface area contributed by atoms with Crippen LogP contribution in [-0.2, 0) is 0 Å². The molecule has 0 aliphatic carbocycles. The van der Waals surface area contributed by atoms with E-state index in [1.54, 1.807) is 0 Å². The number of hydrogen-bond acceptors (Lipinski definition) is 1. The van der Waals surface area contributed by atoms with Gasteiger partial charge in [0.15, 0.2) is 5.96 Å². The van der Waals surface area contributed by atoms with Gasteiger partial charge in [-0.2, -0.15) is 0 Å². The molecule has 14 heavy (non-hydrogen) atoms. The van der Waals surface area contributed by atoms with Gasteiger partial charge in [0.25, 0.3) is 0 Å². The van der Waals surface area contributed by atoms with Crippen molar-refractivity contribution in [3.8, 4) is 0 Å². The van der Waals surface area contributed by atoms with E-state index in [1.165, 1.54) is 19.3 Å². The largest absolute Gasteiger partial charge is 0.370 e. The summed E-state index contributed by atoms with van der Waals surface area (Å²) >= 11 is 0. The monoisotopic (exact) mass is 199 g/mol. The summed E-state index contributed by atoms with van der Waals surface area (Å²) in [7, 11) is 0. The van der Waals surface area contributed by atoms with Crippen molar-refractivity contribution in [2.45, 2.75) is 46.5 Å². The molecule has 0 aliphatic rings. The van der Waals surface area contributed by atoms with Crippen LogP contribution >= 0.6 is 0 Å². The molecule has 0 fully saturated rings. The number of nitrogens with one attached hydrogen (secondary N) is 1. The highest BCUT2D eigenvalue weighted by Crippen LogP contribution is 2.10. The Kier molecular flexibility index (Phi) is 8.39. The average Bonchev–Trinajstić information content (AvgIpc) is 2.21. The summed E-state index contributed by atoms with van der Waals surface area (Å²) < 4.78 is 0. The Hall–Kier alpha value is -0.730. The zero-order chi connectivity index (χ0) is 10.8. The first-order valence-corrected chi connectivity index (χ1v) is 5.78. The van der Waals surface area contributed by atoms with Crippen molar-refractivity contribution in [3.63, 3.8) is 0 Å². The predicted molar refractivity (Wildman–Crippen MR) is 63.5 cm³/mol. The van der Waals surface area contributed by atoms with Gasteiger partial charge in [-0.3, -0.25) is 4.99 Å². The highest BCUT2D eigenvalue weighted by Gasteiger charge is 2.02. The fraction of sp³-hybridized carbons (Fsp3) is 0.909. The summed E-state index contributed by atoms with van der Waals surface area (Å²) in [6.45, 7) is 8.35. The maximum Gasteiger partial charge on any atom is 0.188 e. The van der Waals surface area contributed by atoms with Gasteiger partial charge in [-0.1, -0.05) is 33.6 Å². The van der Waals surface area contributed by atoms with Crippen molar-refractivity contribution in [1.29, 1.82) is 0 Å². The van der Waals surface area contributed by atoms with E-state index in [-0.39, 0.29) is 0 Å². The Morgan fingerprint density at radius 3 is 2.43 bits per heavy atom. The van der Waals surface area contributed by atoms with E-state index in [2.05, 4.69) is 31.1 Å². The molecule has 3 N–H and O–H groups in total. The number of rotatable bonds is 7. The van der Waals surface area contributed by atoms with Crippen LogP contribution in [0.1, 0.15) is 46.5 Å². The molecule has 0 atom stereocenters. The van der Waals surface area contributed by atoms with Crippen LogP contribution in [0.5, 0.6) is 0 Å². The molecular formula is C11H25N3. The van der Waals surface area contributed by atoms with Crippen molar-refractivity contribution in [2.24, 2.45) is 16.6 Å². The summed E-state index contributed by atoms with van der Waals surface area (Å²) in [5.74, 6) is 1.42. The second-order valence-electron chi connectivity index (χ2n) is 3.66. The van der Waals surface area contributed by atoms with Gasteiger partial charge >= 0.3 is 0 Å². The number of hydrogen-bond donors (Lipinski definition) is 2. The molecule has 0 rings (SSSR count). The minimum absolute atomic E-state index is 0.595. The molecule has 3 heteroatoms. The smallest absolute Gasteiger partial charge is 0.188 e. The van der Waals surface area contributed by atoms with Crippen molar-refractivity contribution in [1.82, 2.24) is 5.32 Å². The van der Waals surface area contributed by atoms with E-state index in [0.29, 0.717) is 5.96 Å². The first-order chi connectivity index (χ1) is 6.74. The Balaban J connectivity index is 3.51. The van der Waals surface area contributed by atoms with Crippen LogP contribution in [-0.4, -0.2) is 19.0 Å². The SMILES string of the molecule is CCCN=C(N)NCCC(CC)CC. The minimum atomic E-state index is 0.595. The second-order valence-corrected chi connectivity index (χ2v) is 3.66. The number of guanidine groups is 1. The number of nitrogens with zero attached hydrogens (tertiary/aromatic N) is 1. The highest BCUT2D eigenvalue weighted by molar-refractivity contribution is 5.77. The lowest BCUT2D eigenvalue weighted by Gasteiger charge is -2.12. The molecule has 0 saturated carbocycles. The minimum Gasteiger partial charge on any atom is -0.370 e. The maximum absolute atomic E-state index is 5.67. The molecule has 0 heterocycles. The quantitative estimate of drug-likeness (QED) is 0.487. The van der Waals surface area contributed by atoms with Crippen LogP contribution in [0.2, 0.25) is 0 Å². The van der Waals surface area contributed by atoms with Crippen LogP contribution in [0.25, 0.3) is 0 Å². The fourth-order valence-electron chi connectivity index (χ4n) is 1.39. The van der Waals surface area contributed by atoms with Crippen molar-refractivity contribution in [3.05, 3.63) is 0 Å². The topological polar surface area (TPSA) is 50.4 Å². The molecular weight excluding hydrogens is 174 g/mol. The van der Waals surface area contributed by atoms with Gasteiger partial charge in [-0.05, 0) is 18.8 Å². The van der Waals surface area contributed by atoms with Gasteiger partial charge in [0.1, 0.15) is 0 Å². The van der Waals surface area contributed by atoms with Crippen molar-refractivity contribution in [2.75, 3.05) is 13.1 Å². The summed E-state index contributed by atoms with van der Waals surface area (Å²) in [4.78, 5) is 4.17. The number of nitrogens with two attached hydrogens (primary N) is 1. The van der Waals surface area contributed by atoms with Gasteiger partial charge < -0.3 is 11.1 Å². The summed E-state index contributed by atoms with van der Waals surface area (Å²) in [5, 5.41) is 3.14. The third kappa shape index (κ3) is 6.75. The molecule has 0 amide bonds. The third-order valence-corrected chi connectivity index (χ3v) is 2.52. The lowest BCUT2D eigenvalue weighted by atomic mass is 10.00. The lowest BCUT2D eigenvalue weighted by Crippen LogP contribution is -2.33. The molecule has 0 aromatic rings. The molecule has 0 saturated heterocycles. The van der Waals surface area contributed by atoms with E-state index in [4.69, 9.17) is 5.73 Å². The van der Waals surface area contributed by atoms with Gasteiger partial charge in [0.05, 0.1) is 0 Å². The lowest BCUT2D eigenvalue weighted by molar-refractivity contribution is 0.454. The molecule has 84 valence electrons. The van der Waals surface area contributed by atoms with E-state index in [0.717, 1.165) is 25.4 Å². The first-order valence-electron chi connectivity index (χ1n) is 5.78. The second kappa shape index (κ2) is 8.85. The zero-order valence-electron chi connectivity index (χ0n) is 9.84. The van der Waals surface area contributed by atoms with Gasteiger partial charge in [0, 0.05) is 13.1 Å². The standard InChI is InChI=1S/C11H25N3/c1-4-8-13-11(12)14-9-7-10(5-2)6-3/h10H,4-9H2,1-3H3,(H3,12,13,14). The molecule has 0 aromatic heterocycles. The van der Waals surface area contributed by atoms with Crippen LogP contribution in [0.15, 0.2) is 4.99 Å². The summed E-state index contributed by atoms with van der Waals surface area (Å²) in [6.07, 6.45) is 4.75. The van der Waals surface area contributed by atoms with Crippen LogP contribution < -0.4 is 11.1 Å². The number of aliphatic imine (C=N–C) groups is 1. The van der Waals surface area contributed by atoms with Gasteiger partial charge in [0.2, 0.25) is 0 Å². The molecule has 0 bridgehead atoms. The summed E-state index contributed by atoms with van der Waals surface area (Å²) in [5.41, 5.74) is 5.67. The van der Waals surface area contributed by atoms with Crippen LogP contribution in [0, 0.1) is 5.92 Å². The average molecular weight is 199 g/mol. The zero-order valence-corrected chi connectivity index (χ0v) is 9.84. The Bertz CT molecular complexity index is 151. The molecule has 0 radical (unpaired) electrons. The normalized spacial score (nSPS) is 12.1. The van der Waals surface area contributed by atoms with E-state index >= 15 is 0 Å². The molecule has 0 aliphatic heterocycles. The predicted octanol–water partition coefficient (Wildman–Crippen LogP) is 2.13. The Morgan fingerprint density at radius 1 is 1.29 bits per heavy atom. The van der Waals surface area contributed by atoms with Crippen LogP contribution in [0.4, 0.5) is 0 Å². The Labute approximate surface area is 88.2 Å². The van der Waals surface area contributed by atoms with Crippen molar-refractivity contribution < 1.29 is 0 Å². The van der Waals surface area contributed by atoms with Gasteiger partial charge in [-0.25, -0.2) is 0 Å². The first kappa shape index (κ1) is 13.3. The van der Waals surface area contributed by atoms with Crippen molar-refractivity contribution >= 4 is 5.96 Å². The maximum atomic E-state index is 5.67. The summed E-state index contributed by atoms with van der Waals surface area (Å²) in [6, 6.07) is 0. The Morgan fingerprint density at radius 2 is 1.93 bits per heavy atom. The molecule has 0 aromatic carbocycles. The van der Waals surface area contributed by atoms with Crippen LogP contribution in [0.3, 0.4) is 0 Å². The van der Waals surface area contributed by atoms with E-state index in [1.807, 2.05) is 0 Å². The molecule has 3 nitrogen and oxygen atoms in total. The third-order valence-electron chi connectivity index (χ3n) is 2.52.